The molecule has 0 aromatic carbocycles. The lowest BCUT2D eigenvalue weighted by Crippen LogP contribution is -2.44. The SMILES string of the molecule is CC1CCC(C#N)C(N(C)CCN(C)C)C1. The molecule has 1 aliphatic carbocycles. The van der Waals surface area contributed by atoms with Gasteiger partial charge in [0.25, 0.3) is 0 Å². The van der Waals surface area contributed by atoms with Crippen molar-refractivity contribution in [3.8, 4) is 6.07 Å². The van der Waals surface area contributed by atoms with E-state index in [-0.39, 0.29) is 5.92 Å². The van der Waals surface area contributed by atoms with Crippen molar-refractivity contribution >= 4 is 0 Å². The van der Waals surface area contributed by atoms with Gasteiger partial charge in [0.1, 0.15) is 0 Å². The first-order valence-electron chi connectivity index (χ1n) is 6.29. The highest BCUT2D eigenvalue weighted by Gasteiger charge is 2.31. The topological polar surface area (TPSA) is 30.3 Å². The average molecular weight is 223 g/mol. The van der Waals surface area contributed by atoms with Gasteiger partial charge in [-0.05, 0) is 46.3 Å². The van der Waals surface area contributed by atoms with E-state index in [2.05, 4.69) is 43.9 Å². The second-order valence-corrected chi connectivity index (χ2v) is 5.51. The molecule has 3 unspecified atom stereocenters. The van der Waals surface area contributed by atoms with Crippen LogP contribution in [0.15, 0.2) is 0 Å². The molecule has 0 aromatic rings. The molecule has 0 aromatic heterocycles. The Labute approximate surface area is 100 Å². The van der Waals surface area contributed by atoms with E-state index in [1.165, 1.54) is 12.8 Å². The van der Waals surface area contributed by atoms with Crippen LogP contribution in [0.25, 0.3) is 0 Å². The summed E-state index contributed by atoms with van der Waals surface area (Å²) in [5.74, 6) is 1.01. The highest BCUT2D eigenvalue weighted by molar-refractivity contribution is 4.96. The van der Waals surface area contributed by atoms with E-state index in [1.54, 1.807) is 0 Å². The molecule has 3 heteroatoms. The van der Waals surface area contributed by atoms with Crippen LogP contribution in [0.2, 0.25) is 0 Å². The van der Waals surface area contributed by atoms with Crippen LogP contribution >= 0.6 is 0 Å². The second-order valence-electron chi connectivity index (χ2n) is 5.51. The lowest BCUT2D eigenvalue weighted by atomic mass is 9.79. The zero-order chi connectivity index (χ0) is 12.1. The molecule has 0 spiro atoms. The maximum absolute atomic E-state index is 9.19. The fourth-order valence-electron chi connectivity index (χ4n) is 2.51. The zero-order valence-corrected chi connectivity index (χ0v) is 11.1. The third kappa shape index (κ3) is 3.77. The minimum absolute atomic E-state index is 0.239. The van der Waals surface area contributed by atoms with Gasteiger partial charge in [-0.15, -0.1) is 0 Å². The van der Waals surface area contributed by atoms with Crippen molar-refractivity contribution in [1.29, 1.82) is 5.26 Å². The molecule has 3 atom stereocenters. The smallest absolute Gasteiger partial charge is 0.0672 e. The lowest BCUT2D eigenvalue weighted by molar-refractivity contribution is 0.123. The van der Waals surface area contributed by atoms with E-state index in [1.807, 2.05) is 0 Å². The summed E-state index contributed by atoms with van der Waals surface area (Å²) in [6.07, 6.45) is 3.48. The van der Waals surface area contributed by atoms with Crippen molar-refractivity contribution in [2.75, 3.05) is 34.2 Å². The molecule has 0 heterocycles. The summed E-state index contributed by atoms with van der Waals surface area (Å²) < 4.78 is 0. The molecule has 0 saturated heterocycles. The fraction of sp³-hybridized carbons (Fsp3) is 0.923. The predicted octanol–water partition coefficient (Wildman–Crippen LogP) is 1.81. The highest BCUT2D eigenvalue weighted by atomic mass is 15.2. The van der Waals surface area contributed by atoms with Crippen molar-refractivity contribution in [3.05, 3.63) is 0 Å². The molecule has 0 radical (unpaired) electrons. The molecule has 0 N–H and O–H groups in total. The Hall–Kier alpha value is -0.590. The van der Waals surface area contributed by atoms with Crippen LogP contribution in [0.4, 0.5) is 0 Å². The van der Waals surface area contributed by atoms with Gasteiger partial charge in [0.15, 0.2) is 0 Å². The fourth-order valence-corrected chi connectivity index (χ4v) is 2.51. The molecule has 0 bridgehead atoms. The zero-order valence-electron chi connectivity index (χ0n) is 11.1. The van der Waals surface area contributed by atoms with E-state index in [0.717, 1.165) is 25.4 Å². The number of nitrogens with zero attached hydrogens (tertiary/aromatic N) is 3. The minimum Gasteiger partial charge on any atom is -0.308 e. The van der Waals surface area contributed by atoms with Crippen molar-refractivity contribution in [3.63, 3.8) is 0 Å². The van der Waals surface area contributed by atoms with E-state index in [9.17, 15) is 5.26 Å². The van der Waals surface area contributed by atoms with Gasteiger partial charge < -0.3 is 9.80 Å². The van der Waals surface area contributed by atoms with Gasteiger partial charge in [-0.3, -0.25) is 0 Å². The Morgan fingerprint density at radius 1 is 1.19 bits per heavy atom. The average Bonchev–Trinajstić information content (AvgIpc) is 2.25. The monoisotopic (exact) mass is 223 g/mol. The first kappa shape index (κ1) is 13.5. The summed E-state index contributed by atoms with van der Waals surface area (Å²) in [5, 5.41) is 9.19. The quantitative estimate of drug-likeness (QED) is 0.728. The van der Waals surface area contributed by atoms with E-state index < -0.39 is 0 Å². The van der Waals surface area contributed by atoms with Crippen LogP contribution in [0.3, 0.4) is 0 Å². The standard InChI is InChI=1S/C13H25N3/c1-11-5-6-12(10-14)13(9-11)16(4)8-7-15(2)3/h11-13H,5-9H2,1-4H3. The molecule has 16 heavy (non-hydrogen) atoms. The van der Waals surface area contributed by atoms with Gasteiger partial charge in [0.2, 0.25) is 0 Å². The molecule has 1 aliphatic rings. The van der Waals surface area contributed by atoms with Crippen LogP contribution in [-0.2, 0) is 0 Å². The van der Waals surface area contributed by atoms with Crippen molar-refractivity contribution in [1.82, 2.24) is 9.80 Å². The Morgan fingerprint density at radius 2 is 1.88 bits per heavy atom. The second kappa shape index (κ2) is 6.22. The van der Waals surface area contributed by atoms with Gasteiger partial charge >= 0.3 is 0 Å². The maximum atomic E-state index is 9.19. The van der Waals surface area contributed by atoms with Gasteiger partial charge in [0.05, 0.1) is 12.0 Å². The molecule has 3 nitrogen and oxygen atoms in total. The van der Waals surface area contributed by atoms with Crippen molar-refractivity contribution < 1.29 is 0 Å². The minimum atomic E-state index is 0.239. The number of hydrogen-bond donors (Lipinski definition) is 0. The van der Waals surface area contributed by atoms with Gasteiger partial charge in [0, 0.05) is 19.1 Å². The molecule has 1 rings (SSSR count). The third-order valence-corrected chi connectivity index (χ3v) is 3.71. The van der Waals surface area contributed by atoms with Crippen LogP contribution in [0.5, 0.6) is 0 Å². The molecule has 1 saturated carbocycles. The lowest BCUT2D eigenvalue weighted by Gasteiger charge is -2.37. The molecule has 0 amide bonds. The number of nitriles is 1. The van der Waals surface area contributed by atoms with Gasteiger partial charge in [-0.25, -0.2) is 0 Å². The molecule has 0 aliphatic heterocycles. The predicted molar refractivity (Wildman–Crippen MR) is 67.1 cm³/mol. The summed E-state index contributed by atoms with van der Waals surface area (Å²) in [4.78, 5) is 4.58. The maximum Gasteiger partial charge on any atom is 0.0672 e. The third-order valence-electron chi connectivity index (χ3n) is 3.71. The summed E-state index contributed by atoms with van der Waals surface area (Å²) in [6, 6.07) is 2.95. The number of likely N-dealkylation sites (N-methyl/N-ethyl adjacent to an activating group) is 2. The van der Waals surface area contributed by atoms with Crippen molar-refractivity contribution in [2.45, 2.75) is 32.2 Å². The first-order chi connectivity index (χ1) is 7.54. The molecular formula is C13H25N3. The Bertz CT molecular complexity index is 244. The summed E-state index contributed by atoms with van der Waals surface area (Å²) in [6.45, 7) is 4.43. The highest BCUT2D eigenvalue weighted by Crippen LogP contribution is 2.31. The van der Waals surface area contributed by atoms with E-state index in [0.29, 0.717) is 6.04 Å². The summed E-state index contributed by atoms with van der Waals surface area (Å²) >= 11 is 0. The van der Waals surface area contributed by atoms with E-state index >= 15 is 0 Å². The molecule has 92 valence electrons. The van der Waals surface area contributed by atoms with Gasteiger partial charge in [-0.2, -0.15) is 5.26 Å². The van der Waals surface area contributed by atoms with Crippen LogP contribution in [-0.4, -0.2) is 50.1 Å². The normalized spacial score (nSPS) is 30.7. The van der Waals surface area contributed by atoms with Crippen molar-refractivity contribution in [2.24, 2.45) is 11.8 Å². The Kier molecular flexibility index (Phi) is 5.24. The molecule has 1 fully saturated rings. The largest absolute Gasteiger partial charge is 0.308 e. The van der Waals surface area contributed by atoms with E-state index in [4.69, 9.17) is 0 Å². The van der Waals surface area contributed by atoms with Crippen LogP contribution in [0, 0.1) is 23.2 Å². The Morgan fingerprint density at radius 3 is 2.44 bits per heavy atom. The molecular weight excluding hydrogens is 198 g/mol. The summed E-state index contributed by atoms with van der Waals surface area (Å²) in [5.41, 5.74) is 0. The van der Waals surface area contributed by atoms with Crippen LogP contribution in [0.1, 0.15) is 26.2 Å². The first-order valence-corrected chi connectivity index (χ1v) is 6.29. The summed E-state index contributed by atoms with van der Waals surface area (Å²) in [7, 11) is 6.36. The van der Waals surface area contributed by atoms with Gasteiger partial charge in [-0.1, -0.05) is 6.92 Å². The number of hydrogen-bond acceptors (Lipinski definition) is 3. The van der Waals surface area contributed by atoms with Crippen LogP contribution < -0.4 is 0 Å². The number of rotatable bonds is 4. The Balaban J connectivity index is 2.50.